The van der Waals surface area contributed by atoms with Gasteiger partial charge in [0.05, 0.1) is 6.61 Å². The third-order valence-corrected chi connectivity index (χ3v) is 1.52. The quantitative estimate of drug-likeness (QED) is 0.407. The second kappa shape index (κ2) is 7.64. The van der Waals surface area contributed by atoms with Crippen LogP contribution < -0.4 is 10.6 Å². The molecule has 0 spiro atoms. The molecular weight excluding hydrogens is 200 g/mol. The Bertz CT molecular complexity index is 259. The number of carboxylic acid groups (broad SMARTS) is 1. The zero-order valence-corrected chi connectivity index (χ0v) is 8.45. The van der Waals surface area contributed by atoms with Gasteiger partial charge >= 0.3 is 12.0 Å². The lowest BCUT2D eigenvalue weighted by molar-refractivity contribution is -0.139. The first kappa shape index (κ1) is 13.3. The molecule has 0 bridgehead atoms. The molecular formula is C9H14N2O4. The van der Waals surface area contributed by atoms with Crippen LogP contribution in [-0.4, -0.2) is 43.4 Å². The van der Waals surface area contributed by atoms with Gasteiger partial charge in [-0.3, -0.25) is 0 Å². The van der Waals surface area contributed by atoms with Gasteiger partial charge in [-0.15, -0.1) is 12.3 Å². The summed E-state index contributed by atoms with van der Waals surface area (Å²) in [6.45, 7) is 0.672. The van der Waals surface area contributed by atoms with E-state index >= 15 is 0 Å². The first-order valence-corrected chi connectivity index (χ1v) is 4.31. The summed E-state index contributed by atoms with van der Waals surface area (Å²) in [7, 11) is 1.50. The topological polar surface area (TPSA) is 87.7 Å². The molecule has 1 atom stereocenters. The van der Waals surface area contributed by atoms with Gasteiger partial charge in [0.2, 0.25) is 0 Å². The zero-order chi connectivity index (χ0) is 11.7. The molecule has 0 saturated carbocycles. The first-order chi connectivity index (χ1) is 7.11. The number of carboxylic acids is 1. The molecule has 0 rings (SSSR count). The zero-order valence-electron chi connectivity index (χ0n) is 8.45. The number of carbonyl (C=O) groups is 2. The number of carbonyl (C=O) groups excluding carboxylic acids is 1. The maximum absolute atomic E-state index is 11.1. The maximum Gasteiger partial charge on any atom is 0.327 e. The summed E-state index contributed by atoms with van der Waals surface area (Å²) < 4.78 is 4.70. The summed E-state index contributed by atoms with van der Waals surface area (Å²) in [6, 6.07) is -1.63. The van der Waals surface area contributed by atoms with Crippen LogP contribution in [0.3, 0.4) is 0 Å². The van der Waals surface area contributed by atoms with E-state index in [1.807, 2.05) is 0 Å². The van der Waals surface area contributed by atoms with E-state index in [9.17, 15) is 9.59 Å². The normalized spacial score (nSPS) is 11.2. The Hall–Kier alpha value is -1.74. The Morgan fingerprint density at radius 3 is 2.73 bits per heavy atom. The summed E-state index contributed by atoms with van der Waals surface area (Å²) in [5.41, 5.74) is 0. The van der Waals surface area contributed by atoms with Crippen LogP contribution >= 0.6 is 0 Å². The van der Waals surface area contributed by atoms with E-state index in [4.69, 9.17) is 16.3 Å². The van der Waals surface area contributed by atoms with Crippen molar-refractivity contribution in [3.8, 4) is 12.3 Å². The van der Waals surface area contributed by atoms with Crippen molar-refractivity contribution in [3.63, 3.8) is 0 Å². The smallest absolute Gasteiger partial charge is 0.327 e. The van der Waals surface area contributed by atoms with Crippen LogP contribution in [0.15, 0.2) is 0 Å². The van der Waals surface area contributed by atoms with Crippen LogP contribution in [0.4, 0.5) is 4.79 Å². The highest BCUT2D eigenvalue weighted by Gasteiger charge is 2.17. The van der Waals surface area contributed by atoms with E-state index in [2.05, 4.69) is 16.6 Å². The van der Waals surface area contributed by atoms with Crippen LogP contribution in [0.5, 0.6) is 0 Å². The van der Waals surface area contributed by atoms with E-state index in [1.165, 1.54) is 7.11 Å². The molecule has 0 aromatic carbocycles. The lowest BCUT2D eigenvalue weighted by Crippen LogP contribution is -2.46. The average Bonchev–Trinajstić information content (AvgIpc) is 2.17. The minimum absolute atomic E-state index is 0.0486. The fourth-order valence-electron chi connectivity index (χ4n) is 0.794. The lowest BCUT2D eigenvalue weighted by atomic mass is 10.2. The van der Waals surface area contributed by atoms with E-state index in [-0.39, 0.29) is 6.42 Å². The molecule has 0 aliphatic carbocycles. The largest absolute Gasteiger partial charge is 0.480 e. The lowest BCUT2D eigenvalue weighted by Gasteiger charge is -2.12. The van der Waals surface area contributed by atoms with E-state index < -0.39 is 18.0 Å². The van der Waals surface area contributed by atoms with Crippen LogP contribution in [-0.2, 0) is 9.53 Å². The Morgan fingerprint density at radius 1 is 1.60 bits per heavy atom. The van der Waals surface area contributed by atoms with Crippen molar-refractivity contribution in [1.82, 2.24) is 10.6 Å². The van der Waals surface area contributed by atoms with Gasteiger partial charge in [-0.2, -0.15) is 0 Å². The number of ether oxygens (including phenoxy) is 1. The molecule has 3 N–H and O–H groups in total. The van der Waals surface area contributed by atoms with Gasteiger partial charge in [0.15, 0.2) is 0 Å². The molecule has 0 radical (unpaired) electrons. The summed E-state index contributed by atoms with van der Waals surface area (Å²) in [5, 5.41) is 13.3. The number of methoxy groups -OCH3 is 1. The van der Waals surface area contributed by atoms with Crippen molar-refractivity contribution >= 4 is 12.0 Å². The molecule has 6 heteroatoms. The SMILES string of the molecule is C#CCC(NC(=O)NCCOC)C(=O)O. The maximum atomic E-state index is 11.1. The van der Waals surface area contributed by atoms with Gasteiger partial charge in [-0.05, 0) is 0 Å². The number of terminal acetylenes is 1. The summed E-state index contributed by atoms with van der Waals surface area (Å²) in [5.74, 6) is 1.02. The van der Waals surface area contributed by atoms with E-state index in [1.54, 1.807) is 0 Å². The van der Waals surface area contributed by atoms with Gasteiger partial charge in [0.25, 0.3) is 0 Å². The molecule has 6 nitrogen and oxygen atoms in total. The molecule has 1 unspecified atom stereocenters. The second-order valence-corrected chi connectivity index (χ2v) is 2.69. The number of aliphatic carboxylic acids is 1. The van der Waals surface area contributed by atoms with Crippen molar-refractivity contribution in [2.75, 3.05) is 20.3 Å². The van der Waals surface area contributed by atoms with Crippen LogP contribution in [0.2, 0.25) is 0 Å². The molecule has 84 valence electrons. The van der Waals surface area contributed by atoms with Gasteiger partial charge in [-0.1, -0.05) is 0 Å². The molecule has 15 heavy (non-hydrogen) atoms. The molecule has 0 aromatic heterocycles. The Kier molecular flexibility index (Phi) is 6.76. The van der Waals surface area contributed by atoms with Crippen molar-refractivity contribution in [1.29, 1.82) is 0 Å². The monoisotopic (exact) mass is 214 g/mol. The number of nitrogens with one attached hydrogen (secondary N) is 2. The van der Waals surface area contributed by atoms with Crippen LogP contribution in [0, 0.1) is 12.3 Å². The highest BCUT2D eigenvalue weighted by molar-refractivity contribution is 5.82. The van der Waals surface area contributed by atoms with Gasteiger partial charge in [-0.25, -0.2) is 9.59 Å². The molecule has 0 aliphatic heterocycles. The Labute approximate surface area is 88.0 Å². The van der Waals surface area contributed by atoms with E-state index in [0.29, 0.717) is 13.2 Å². The Morgan fingerprint density at radius 2 is 2.27 bits per heavy atom. The number of amides is 2. The molecule has 0 heterocycles. The highest BCUT2D eigenvalue weighted by atomic mass is 16.5. The van der Waals surface area contributed by atoms with Gasteiger partial charge < -0.3 is 20.5 Å². The van der Waals surface area contributed by atoms with Gasteiger partial charge in [0, 0.05) is 20.1 Å². The minimum atomic E-state index is -1.16. The minimum Gasteiger partial charge on any atom is -0.480 e. The molecule has 2 amide bonds. The number of urea groups is 1. The predicted molar refractivity (Wildman–Crippen MR) is 53.3 cm³/mol. The molecule has 0 fully saturated rings. The predicted octanol–water partition coefficient (Wildman–Crippen LogP) is -0.591. The van der Waals surface area contributed by atoms with Crippen LogP contribution in [0.1, 0.15) is 6.42 Å². The van der Waals surface area contributed by atoms with E-state index in [0.717, 1.165) is 0 Å². The molecule has 0 aromatic rings. The fraction of sp³-hybridized carbons (Fsp3) is 0.556. The van der Waals surface area contributed by atoms with Crippen LogP contribution in [0.25, 0.3) is 0 Å². The summed E-state index contributed by atoms with van der Waals surface area (Å²) in [4.78, 5) is 21.7. The standard InChI is InChI=1S/C9H14N2O4/c1-3-4-7(8(12)13)11-9(14)10-5-6-15-2/h1,7H,4-6H2,2H3,(H,12,13)(H2,10,11,14). The number of hydrogen-bond acceptors (Lipinski definition) is 3. The van der Waals surface area contributed by atoms with Gasteiger partial charge in [0.1, 0.15) is 6.04 Å². The van der Waals surface area contributed by atoms with Crippen molar-refractivity contribution in [2.24, 2.45) is 0 Å². The number of hydrogen-bond donors (Lipinski definition) is 3. The molecule has 0 aliphatic rings. The Balaban J connectivity index is 3.90. The van der Waals surface area contributed by atoms with Crippen molar-refractivity contribution < 1.29 is 19.4 Å². The first-order valence-electron chi connectivity index (χ1n) is 4.31. The third kappa shape index (κ3) is 6.35. The summed E-state index contributed by atoms with van der Waals surface area (Å²) in [6.07, 6.45) is 4.91. The van der Waals surface area contributed by atoms with Crippen molar-refractivity contribution in [2.45, 2.75) is 12.5 Å². The second-order valence-electron chi connectivity index (χ2n) is 2.69. The fourth-order valence-corrected chi connectivity index (χ4v) is 0.794. The number of rotatable bonds is 6. The average molecular weight is 214 g/mol. The molecule has 0 saturated heterocycles. The third-order valence-electron chi connectivity index (χ3n) is 1.52. The highest BCUT2D eigenvalue weighted by Crippen LogP contribution is 1.90. The van der Waals surface area contributed by atoms with Crippen molar-refractivity contribution in [3.05, 3.63) is 0 Å². The summed E-state index contributed by atoms with van der Waals surface area (Å²) >= 11 is 0.